The first kappa shape index (κ1) is 10.7. The van der Waals surface area contributed by atoms with Gasteiger partial charge in [-0.3, -0.25) is 4.79 Å². The summed E-state index contributed by atoms with van der Waals surface area (Å²) >= 11 is 0. The van der Waals surface area contributed by atoms with E-state index in [0.29, 0.717) is 5.92 Å². The molecule has 0 bridgehead atoms. The lowest BCUT2D eigenvalue weighted by Crippen LogP contribution is -2.31. The molecule has 82 valence electrons. The molecule has 3 heteroatoms. The second kappa shape index (κ2) is 4.36. The van der Waals surface area contributed by atoms with E-state index >= 15 is 0 Å². The quantitative estimate of drug-likeness (QED) is 0.834. The van der Waals surface area contributed by atoms with Crippen LogP contribution in [0.2, 0.25) is 0 Å². The lowest BCUT2D eigenvalue weighted by Gasteiger charge is -2.05. The van der Waals surface area contributed by atoms with Crippen molar-refractivity contribution in [2.75, 3.05) is 0 Å². The summed E-state index contributed by atoms with van der Waals surface area (Å²) in [6.45, 7) is 1.62. The lowest BCUT2D eigenvalue weighted by atomic mass is 10.1. The van der Waals surface area contributed by atoms with Gasteiger partial charge in [-0.1, -0.05) is 30.3 Å². The zero-order valence-corrected chi connectivity index (χ0v) is 9.18. The van der Waals surface area contributed by atoms with Gasteiger partial charge in [-0.2, -0.15) is 5.26 Å². The van der Waals surface area contributed by atoms with Crippen molar-refractivity contribution in [2.24, 2.45) is 5.92 Å². The number of hydrogen-bond donors (Lipinski definition) is 1. The minimum atomic E-state index is -0.558. The zero-order chi connectivity index (χ0) is 11.5. The molecule has 16 heavy (non-hydrogen) atoms. The first-order chi connectivity index (χ1) is 7.72. The van der Waals surface area contributed by atoms with Crippen LogP contribution in [0.15, 0.2) is 30.3 Å². The Balaban J connectivity index is 1.89. The molecular weight excluding hydrogens is 200 g/mol. The second-order valence-electron chi connectivity index (χ2n) is 4.22. The smallest absolute Gasteiger partial charge is 0.237 e. The van der Waals surface area contributed by atoms with E-state index in [2.05, 4.69) is 17.4 Å². The van der Waals surface area contributed by atoms with Crippen LogP contribution in [0.1, 0.15) is 24.8 Å². The second-order valence-corrected chi connectivity index (χ2v) is 4.22. The molecular formula is C13H14N2O. The van der Waals surface area contributed by atoms with Crippen molar-refractivity contribution in [3.8, 4) is 6.07 Å². The summed E-state index contributed by atoms with van der Waals surface area (Å²) in [6, 6.07) is 12.3. The maximum atomic E-state index is 11.5. The van der Waals surface area contributed by atoms with Crippen LogP contribution >= 0.6 is 0 Å². The van der Waals surface area contributed by atoms with Crippen LogP contribution in [0.4, 0.5) is 0 Å². The molecule has 1 aromatic rings. The van der Waals surface area contributed by atoms with Gasteiger partial charge in [-0.15, -0.1) is 0 Å². The fourth-order valence-corrected chi connectivity index (χ4v) is 1.79. The highest BCUT2D eigenvalue weighted by atomic mass is 16.1. The van der Waals surface area contributed by atoms with Crippen LogP contribution < -0.4 is 5.32 Å². The summed E-state index contributed by atoms with van der Waals surface area (Å²) in [4.78, 5) is 11.5. The fourth-order valence-electron chi connectivity index (χ4n) is 1.79. The van der Waals surface area contributed by atoms with Gasteiger partial charge in [0, 0.05) is 12.0 Å². The molecule has 1 saturated carbocycles. The molecule has 0 saturated heterocycles. The van der Waals surface area contributed by atoms with Gasteiger partial charge in [-0.05, 0) is 18.9 Å². The Morgan fingerprint density at radius 2 is 2.19 bits per heavy atom. The maximum absolute atomic E-state index is 11.5. The molecule has 1 amide bonds. The van der Waals surface area contributed by atoms with E-state index in [4.69, 9.17) is 5.26 Å². The molecule has 0 spiro atoms. The Kier molecular flexibility index (Phi) is 2.91. The number of carbonyl (C=O) groups excluding carboxylic acids is 1. The van der Waals surface area contributed by atoms with Crippen molar-refractivity contribution in [3.05, 3.63) is 35.9 Å². The number of carbonyl (C=O) groups is 1. The minimum absolute atomic E-state index is 0.161. The number of benzene rings is 1. The Morgan fingerprint density at radius 3 is 2.81 bits per heavy atom. The summed E-state index contributed by atoms with van der Waals surface area (Å²) < 4.78 is 0. The standard InChI is InChI=1S/C13H14N2O/c1-9(8-14)13(16)15-12-7-11(12)10-5-3-2-4-6-10/h2-6,9,11-12H,7H2,1H3,(H,15,16). The fraction of sp³-hybridized carbons (Fsp3) is 0.385. The summed E-state index contributed by atoms with van der Waals surface area (Å²) in [5.74, 6) is -0.293. The van der Waals surface area contributed by atoms with E-state index in [1.807, 2.05) is 24.3 Å². The highest BCUT2D eigenvalue weighted by molar-refractivity contribution is 5.81. The predicted molar refractivity (Wildman–Crippen MR) is 60.5 cm³/mol. The van der Waals surface area contributed by atoms with Crippen LogP contribution in [0.25, 0.3) is 0 Å². The molecule has 3 unspecified atom stereocenters. The van der Waals surface area contributed by atoms with Gasteiger partial charge in [0.2, 0.25) is 5.91 Å². The van der Waals surface area contributed by atoms with Gasteiger partial charge in [0.05, 0.1) is 6.07 Å². The number of nitrogens with one attached hydrogen (secondary N) is 1. The number of nitrogens with zero attached hydrogens (tertiary/aromatic N) is 1. The molecule has 0 radical (unpaired) electrons. The van der Waals surface area contributed by atoms with E-state index in [1.165, 1.54) is 5.56 Å². The Hall–Kier alpha value is -1.82. The van der Waals surface area contributed by atoms with Gasteiger partial charge >= 0.3 is 0 Å². The topological polar surface area (TPSA) is 52.9 Å². The third-order valence-corrected chi connectivity index (χ3v) is 2.93. The SMILES string of the molecule is CC(C#N)C(=O)NC1CC1c1ccccc1. The summed E-state index contributed by atoms with van der Waals surface area (Å²) in [6.07, 6.45) is 0.980. The molecule has 1 aromatic carbocycles. The van der Waals surface area contributed by atoms with Crippen LogP contribution in [0.5, 0.6) is 0 Å². The summed E-state index contributed by atoms with van der Waals surface area (Å²) in [5, 5.41) is 11.5. The number of hydrogen-bond acceptors (Lipinski definition) is 2. The van der Waals surface area contributed by atoms with Crippen LogP contribution in [0.3, 0.4) is 0 Å². The molecule has 2 rings (SSSR count). The monoisotopic (exact) mass is 214 g/mol. The zero-order valence-electron chi connectivity index (χ0n) is 9.18. The normalized spacial score (nSPS) is 24.2. The molecule has 3 nitrogen and oxygen atoms in total. The average molecular weight is 214 g/mol. The molecule has 1 N–H and O–H groups in total. The van der Waals surface area contributed by atoms with Gasteiger partial charge in [-0.25, -0.2) is 0 Å². The van der Waals surface area contributed by atoms with E-state index in [-0.39, 0.29) is 11.9 Å². The van der Waals surface area contributed by atoms with Crippen molar-refractivity contribution in [1.29, 1.82) is 5.26 Å². The molecule has 1 aliphatic carbocycles. The van der Waals surface area contributed by atoms with Crippen LogP contribution in [-0.2, 0) is 4.79 Å². The Morgan fingerprint density at radius 1 is 1.50 bits per heavy atom. The number of nitriles is 1. The van der Waals surface area contributed by atoms with Crippen LogP contribution in [-0.4, -0.2) is 11.9 Å². The number of rotatable bonds is 3. The van der Waals surface area contributed by atoms with E-state index in [1.54, 1.807) is 6.92 Å². The van der Waals surface area contributed by atoms with Gasteiger partial charge < -0.3 is 5.32 Å². The van der Waals surface area contributed by atoms with Crippen molar-refractivity contribution in [1.82, 2.24) is 5.32 Å². The molecule has 1 fully saturated rings. The number of amides is 1. The Bertz CT molecular complexity index is 421. The van der Waals surface area contributed by atoms with Gasteiger partial charge in [0.1, 0.15) is 5.92 Å². The highest BCUT2D eigenvalue weighted by Gasteiger charge is 2.39. The lowest BCUT2D eigenvalue weighted by molar-refractivity contribution is -0.123. The maximum Gasteiger partial charge on any atom is 0.237 e. The van der Waals surface area contributed by atoms with Gasteiger partial charge in [0.25, 0.3) is 0 Å². The van der Waals surface area contributed by atoms with E-state index < -0.39 is 5.92 Å². The van der Waals surface area contributed by atoms with Crippen molar-refractivity contribution >= 4 is 5.91 Å². The predicted octanol–water partition coefficient (Wildman–Crippen LogP) is 1.82. The Labute approximate surface area is 95.1 Å². The molecule has 0 aliphatic heterocycles. The molecule has 0 aromatic heterocycles. The molecule has 3 atom stereocenters. The summed E-state index contributed by atoms with van der Waals surface area (Å²) in [7, 11) is 0. The third kappa shape index (κ3) is 2.22. The minimum Gasteiger partial charge on any atom is -0.352 e. The van der Waals surface area contributed by atoms with E-state index in [9.17, 15) is 4.79 Å². The third-order valence-electron chi connectivity index (χ3n) is 2.93. The molecule has 0 heterocycles. The molecule has 1 aliphatic rings. The first-order valence-corrected chi connectivity index (χ1v) is 5.47. The average Bonchev–Trinajstić information content (AvgIpc) is 3.08. The highest BCUT2D eigenvalue weighted by Crippen LogP contribution is 2.40. The van der Waals surface area contributed by atoms with Gasteiger partial charge in [0.15, 0.2) is 0 Å². The summed E-state index contributed by atoms with van der Waals surface area (Å²) in [5.41, 5.74) is 1.26. The van der Waals surface area contributed by atoms with Crippen molar-refractivity contribution in [3.63, 3.8) is 0 Å². The first-order valence-electron chi connectivity index (χ1n) is 5.47. The van der Waals surface area contributed by atoms with E-state index in [0.717, 1.165) is 6.42 Å². The van der Waals surface area contributed by atoms with Crippen molar-refractivity contribution in [2.45, 2.75) is 25.3 Å². The largest absolute Gasteiger partial charge is 0.352 e. The van der Waals surface area contributed by atoms with Crippen LogP contribution in [0, 0.1) is 17.2 Å². The van der Waals surface area contributed by atoms with Crippen molar-refractivity contribution < 1.29 is 4.79 Å².